The van der Waals surface area contributed by atoms with Gasteiger partial charge >= 0.3 is 0 Å². The highest BCUT2D eigenvalue weighted by Gasteiger charge is 2.48. The molecule has 1 N–H and O–H groups in total. The van der Waals surface area contributed by atoms with Crippen LogP contribution < -0.4 is 5.32 Å². The van der Waals surface area contributed by atoms with Gasteiger partial charge in [-0.1, -0.05) is 54.8 Å². The Morgan fingerprint density at radius 2 is 2.10 bits per heavy atom. The molecule has 1 heterocycles. The van der Waals surface area contributed by atoms with E-state index in [0.717, 1.165) is 18.4 Å². The molecule has 20 heavy (non-hydrogen) atoms. The smallest absolute Gasteiger partial charge is 0.0178 e. The van der Waals surface area contributed by atoms with Gasteiger partial charge in [0.2, 0.25) is 0 Å². The Bertz CT molecular complexity index is 468. The van der Waals surface area contributed by atoms with Gasteiger partial charge < -0.3 is 5.32 Å². The molecule has 3 rings (SSSR count). The zero-order valence-corrected chi connectivity index (χ0v) is 14.2. The van der Waals surface area contributed by atoms with Gasteiger partial charge in [0.05, 0.1) is 0 Å². The first kappa shape index (κ1) is 14.6. The summed E-state index contributed by atoms with van der Waals surface area (Å²) >= 11 is 3.65. The number of hydrogen-bond donors (Lipinski definition) is 1. The summed E-state index contributed by atoms with van der Waals surface area (Å²) in [5.74, 6) is 2.38. The van der Waals surface area contributed by atoms with E-state index in [0.29, 0.717) is 11.3 Å². The van der Waals surface area contributed by atoms with Gasteiger partial charge in [0.1, 0.15) is 0 Å². The van der Waals surface area contributed by atoms with Crippen molar-refractivity contribution in [3.63, 3.8) is 0 Å². The van der Waals surface area contributed by atoms with Crippen molar-refractivity contribution in [1.82, 2.24) is 5.32 Å². The van der Waals surface area contributed by atoms with Crippen LogP contribution >= 0.6 is 15.9 Å². The maximum atomic E-state index is 3.65. The second-order valence-electron chi connectivity index (χ2n) is 6.95. The van der Waals surface area contributed by atoms with Crippen LogP contribution in [0.15, 0.2) is 28.7 Å². The van der Waals surface area contributed by atoms with Crippen LogP contribution in [0.4, 0.5) is 0 Å². The van der Waals surface area contributed by atoms with E-state index in [1.807, 2.05) is 0 Å². The van der Waals surface area contributed by atoms with E-state index in [4.69, 9.17) is 0 Å². The lowest BCUT2D eigenvalue weighted by atomic mass is 9.53. The van der Waals surface area contributed by atoms with Gasteiger partial charge in [-0.3, -0.25) is 0 Å². The van der Waals surface area contributed by atoms with Crippen molar-refractivity contribution in [3.8, 4) is 0 Å². The first-order valence-electron chi connectivity index (χ1n) is 8.10. The average molecular weight is 336 g/mol. The summed E-state index contributed by atoms with van der Waals surface area (Å²) in [4.78, 5) is 0. The highest BCUT2D eigenvalue weighted by Crippen LogP contribution is 2.55. The first-order valence-corrected chi connectivity index (χ1v) is 8.89. The molecule has 1 saturated heterocycles. The fourth-order valence-electron chi connectivity index (χ4n) is 4.76. The Balaban J connectivity index is 1.98. The zero-order valence-electron chi connectivity index (χ0n) is 12.7. The molecule has 1 spiro atoms. The lowest BCUT2D eigenvalue weighted by Gasteiger charge is -2.53. The molecule has 2 heteroatoms. The summed E-state index contributed by atoms with van der Waals surface area (Å²) in [6.07, 6.45) is 5.59. The summed E-state index contributed by atoms with van der Waals surface area (Å²) in [7, 11) is 0. The molecule has 2 fully saturated rings. The molecule has 0 aromatic heterocycles. The fourth-order valence-corrected chi connectivity index (χ4v) is 5.18. The Labute approximate surface area is 131 Å². The second kappa shape index (κ2) is 5.81. The third kappa shape index (κ3) is 2.46. The van der Waals surface area contributed by atoms with E-state index >= 15 is 0 Å². The molecule has 0 radical (unpaired) electrons. The Hall–Kier alpha value is -0.340. The van der Waals surface area contributed by atoms with Crippen LogP contribution in [0.2, 0.25) is 0 Å². The average Bonchev–Trinajstić information content (AvgIpc) is 2.45. The summed E-state index contributed by atoms with van der Waals surface area (Å²) in [5.41, 5.74) is 2.04. The van der Waals surface area contributed by atoms with Crippen LogP contribution in [-0.2, 0) is 0 Å². The zero-order chi connectivity index (χ0) is 14.2. The highest BCUT2D eigenvalue weighted by atomic mass is 79.9. The van der Waals surface area contributed by atoms with Gasteiger partial charge in [0.25, 0.3) is 0 Å². The molecule has 0 amide bonds. The van der Waals surface area contributed by atoms with Crippen molar-refractivity contribution < 1.29 is 0 Å². The van der Waals surface area contributed by atoms with Crippen molar-refractivity contribution in [2.24, 2.45) is 17.3 Å². The normalized spacial score (nSPS) is 38.0. The molecule has 110 valence electrons. The number of piperidine rings is 1. The predicted molar refractivity (Wildman–Crippen MR) is 89.0 cm³/mol. The number of benzene rings is 1. The van der Waals surface area contributed by atoms with Crippen molar-refractivity contribution in [3.05, 3.63) is 34.3 Å². The van der Waals surface area contributed by atoms with Crippen LogP contribution in [0.3, 0.4) is 0 Å². The molecule has 1 aliphatic heterocycles. The molecular formula is C18H26BrN. The van der Waals surface area contributed by atoms with Crippen LogP contribution in [0.5, 0.6) is 0 Å². The minimum Gasteiger partial charge on any atom is -0.316 e. The van der Waals surface area contributed by atoms with Gasteiger partial charge in [0.15, 0.2) is 0 Å². The lowest BCUT2D eigenvalue weighted by molar-refractivity contribution is 0.00901. The molecule has 2 aliphatic rings. The first-order chi connectivity index (χ1) is 9.63. The molecule has 4 unspecified atom stereocenters. The number of nitrogens with one attached hydrogen (secondary N) is 1. The molecular weight excluding hydrogens is 310 g/mol. The van der Waals surface area contributed by atoms with Crippen molar-refractivity contribution >= 4 is 15.9 Å². The number of halogens is 1. The highest BCUT2D eigenvalue weighted by molar-refractivity contribution is 9.10. The van der Waals surface area contributed by atoms with Gasteiger partial charge in [-0.15, -0.1) is 0 Å². The summed E-state index contributed by atoms with van der Waals surface area (Å²) in [5, 5.41) is 3.64. The molecule has 1 nitrogen and oxygen atoms in total. The number of rotatable bonds is 1. The van der Waals surface area contributed by atoms with E-state index in [1.54, 1.807) is 0 Å². The van der Waals surface area contributed by atoms with Crippen LogP contribution in [-0.4, -0.2) is 13.1 Å². The Kier molecular flexibility index (Phi) is 4.24. The van der Waals surface area contributed by atoms with Crippen LogP contribution in [0, 0.1) is 17.3 Å². The van der Waals surface area contributed by atoms with Crippen molar-refractivity contribution in [2.45, 2.75) is 45.4 Å². The largest absolute Gasteiger partial charge is 0.316 e. The van der Waals surface area contributed by atoms with E-state index in [1.165, 1.54) is 42.3 Å². The topological polar surface area (TPSA) is 12.0 Å². The summed E-state index contributed by atoms with van der Waals surface area (Å²) in [6, 6.07) is 9.00. The van der Waals surface area contributed by atoms with E-state index in [-0.39, 0.29) is 0 Å². The maximum absolute atomic E-state index is 3.65. The van der Waals surface area contributed by atoms with Crippen molar-refractivity contribution in [1.29, 1.82) is 0 Å². The molecule has 1 aliphatic carbocycles. The Morgan fingerprint density at radius 1 is 1.25 bits per heavy atom. The predicted octanol–water partition coefficient (Wildman–Crippen LogP) is 4.97. The molecule has 1 aromatic rings. The second-order valence-corrected chi connectivity index (χ2v) is 7.87. The third-order valence-corrected chi connectivity index (χ3v) is 6.62. The standard InChI is InChI=1S/C18H26BrN/c1-13-5-4-8-18(14(13)2)9-10-20-12-17(18)15-6-3-7-16(19)11-15/h3,6-7,11,13-14,17,20H,4-5,8-10,12H2,1-2H3. The quantitative estimate of drug-likeness (QED) is 0.764. The van der Waals surface area contributed by atoms with Gasteiger partial charge in [-0.05, 0) is 54.3 Å². The third-order valence-electron chi connectivity index (χ3n) is 6.12. The van der Waals surface area contributed by atoms with E-state index < -0.39 is 0 Å². The maximum Gasteiger partial charge on any atom is 0.0178 e. The fraction of sp³-hybridized carbons (Fsp3) is 0.667. The van der Waals surface area contributed by atoms with Crippen molar-refractivity contribution in [2.75, 3.05) is 13.1 Å². The lowest BCUT2D eigenvalue weighted by Crippen LogP contribution is -2.50. The molecule has 1 aromatic carbocycles. The molecule has 1 saturated carbocycles. The SMILES string of the molecule is CC1CCCC2(CCNCC2c2cccc(Br)c2)C1C. The van der Waals surface area contributed by atoms with E-state index in [2.05, 4.69) is 59.4 Å². The minimum atomic E-state index is 0.518. The summed E-state index contributed by atoms with van der Waals surface area (Å²) in [6.45, 7) is 7.32. The van der Waals surface area contributed by atoms with E-state index in [9.17, 15) is 0 Å². The molecule has 4 atom stereocenters. The number of hydrogen-bond acceptors (Lipinski definition) is 1. The summed E-state index contributed by atoms with van der Waals surface area (Å²) < 4.78 is 1.22. The minimum absolute atomic E-state index is 0.518. The monoisotopic (exact) mass is 335 g/mol. The molecule has 0 bridgehead atoms. The Morgan fingerprint density at radius 3 is 2.90 bits per heavy atom. The van der Waals surface area contributed by atoms with Crippen LogP contribution in [0.1, 0.15) is 51.0 Å². The van der Waals surface area contributed by atoms with Gasteiger partial charge in [-0.25, -0.2) is 0 Å². The van der Waals surface area contributed by atoms with Crippen LogP contribution in [0.25, 0.3) is 0 Å². The van der Waals surface area contributed by atoms with Gasteiger partial charge in [0, 0.05) is 16.9 Å². The van der Waals surface area contributed by atoms with Gasteiger partial charge in [-0.2, -0.15) is 0 Å².